The van der Waals surface area contributed by atoms with E-state index in [9.17, 15) is 0 Å². The third kappa shape index (κ3) is 4.87. The third-order valence-corrected chi connectivity index (χ3v) is 12.1. The van der Waals surface area contributed by atoms with Crippen LogP contribution in [0, 0.1) is 0 Å². The summed E-state index contributed by atoms with van der Waals surface area (Å²) in [5, 5.41) is 3.28. The molecular formula is C30H28Br3N2OP. The molecule has 0 N–H and O–H groups in total. The minimum atomic E-state index is -2.69. The van der Waals surface area contributed by atoms with E-state index in [1.165, 1.54) is 21.8 Å². The van der Waals surface area contributed by atoms with Crippen molar-refractivity contribution in [3.63, 3.8) is 0 Å². The molecule has 5 aromatic rings. The zero-order valence-corrected chi connectivity index (χ0v) is 26.8. The Kier molecular flexibility index (Phi) is 7.50. The molecule has 5 rings (SSSR count). The van der Waals surface area contributed by atoms with E-state index >= 15 is 0 Å². The molecule has 0 amide bonds. The maximum atomic E-state index is 7.14. The Morgan fingerprint density at radius 2 is 1.49 bits per heavy atom. The van der Waals surface area contributed by atoms with Gasteiger partial charge in [0.25, 0.3) is 0 Å². The molecule has 0 spiro atoms. The summed E-state index contributed by atoms with van der Waals surface area (Å²) in [6.45, 7) is 9.80. The van der Waals surface area contributed by atoms with Gasteiger partial charge in [-0.3, -0.25) is 0 Å². The van der Waals surface area contributed by atoms with E-state index < -0.39 is 7.28 Å². The molecule has 0 bridgehead atoms. The summed E-state index contributed by atoms with van der Waals surface area (Å²) in [4.78, 5) is 0. The van der Waals surface area contributed by atoms with Crippen LogP contribution in [0.1, 0.15) is 27.7 Å². The van der Waals surface area contributed by atoms with E-state index in [1.807, 2.05) is 42.5 Å². The molecule has 0 radical (unpaired) electrons. The standard InChI is InChI=1S/C30H28Br3N2OP/c1-5-35-27-13-9-6-10-22(27)23-19-21(15-16-28(23)35)37(30(2,3)4,34-26-12-8-7-11-24(26)32)36-29-17-14-20(31)18-25(29)33/h6-19H,5H2,1-4H3/t37-/m1/s1. The van der Waals surface area contributed by atoms with Gasteiger partial charge in [0.05, 0.1) is 10.2 Å². The van der Waals surface area contributed by atoms with Crippen molar-refractivity contribution in [2.75, 3.05) is 0 Å². The fourth-order valence-corrected chi connectivity index (χ4v) is 9.63. The van der Waals surface area contributed by atoms with Gasteiger partial charge >= 0.3 is 0 Å². The Morgan fingerprint density at radius 3 is 2.19 bits per heavy atom. The zero-order chi connectivity index (χ0) is 26.4. The first-order valence-electron chi connectivity index (χ1n) is 12.2. The van der Waals surface area contributed by atoms with Crippen molar-refractivity contribution >= 4 is 87.9 Å². The summed E-state index contributed by atoms with van der Waals surface area (Å²) in [6.07, 6.45) is 0. The molecule has 0 saturated heterocycles. The van der Waals surface area contributed by atoms with Crippen LogP contribution >= 0.6 is 55.1 Å². The molecule has 7 heteroatoms. The smallest absolute Gasteiger partial charge is 0.173 e. The molecule has 1 atom stereocenters. The number of nitrogens with zero attached hydrogens (tertiary/aromatic N) is 2. The lowest BCUT2D eigenvalue weighted by Crippen LogP contribution is -2.27. The Morgan fingerprint density at radius 1 is 0.784 bits per heavy atom. The molecule has 0 aliphatic rings. The van der Waals surface area contributed by atoms with Crippen molar-refractivity contribution in [1.82, 2.24) is 4.57 Å². The lowest BCUT2D eigenvalue weighted by Gasteiger charge is -2.37. The van der Waals surface area contributed by atoms with E-state index in [0.717, 1.165) is 36.7 Å². The van der Waals surface area contributed by atoms with Gasteiger partial charge in [0, 0.05) is 47.8 Å². The SMILES string of the molecule is CCn1c2ccccc2c2cc([P@@](=Nc3ccccc3Br)(Oc3ccc(Br)cc3Br)C(C)(C)C)ccc21. The first-order valence-corrected chi connectivity index (χ1v) is 16.2. The Bertz CT molecular complexity index is 1680. The lowest BCUT2D eigenvalue weighted by molar-refractivity contribution is 0.568. The fraction of sp³-hybridized carbons (Fsp3) is 0.200. The number of halogens is 3. The Balaban J connectivity index is 1.87. The zero-order valence-electron chi connectivity index (χ0n) is 21.2. The summed E-state index contributed by atoms with van der Waals surface area (Å²) in [5.74, 6) is 0.776. The third-order valence-electron chi connectivity index (χ3n) is 6.56. The summed E-state index contributed by atoms with van der Waals surface area (Å²) in [6, 6.07) is 29.6. The lowest BCUT2D eigenvalue weighted by atomic mass is 10.1. The number of aryl methyl sites for hydroxylation is 1. The molecule has 3 nitrogen and oxygen atoms in total. The van der Waals surface area contributed by atoms with Gasteiger partial charge in [-0.25, -0.2) is 4.74 Å². The first-order chi connectivity index (χ1) is 17.6. The maximum Gasteiger partial charge on any atom is 0.173 e. The summed E-state index contributed by atoms with van der Waals surface area (Å²) in [7, 11) is -2.69. The minimum absolute atomic E-state index is 0.300. The van der Waals surface area contributed by atoms with Gasteiger partial charge < -0.3 is 9.09 Å². The van der Waals surface area contributed by atoms with Gasteiger partial charge in [-0.05, 0) is 93.4 Å². The number of aromatic nitrogens is 1. The molecule has 0 unspecified atom stereocenters. The van der Waals surface area contributed by atoms with Gasteiger partial charge in [-0.15, -0.1) is 0 Å². The Hall–Kier alpha value is -1.85. The normalized spacial score (nSPS) is 13.6. The summed E-state index contributed by atoms with van der Waals surface area (Å²) >= 11 is 11.0. The second kappa shape index (κ2) is 10.4. The van der Waals surface area contributed by atoms with Gasteiger partial charge in [0.2, 0.25) is 0 Å². The molecule has 1 aromatic heterocycles. The highest BCUT2D eigenvalue weighted by Gasteiger charge is 2.40. The highest BCUT2D eigenvalue weighted by molar-refractivity contribution is 9.11. The van der Waals surface area contributed by atoms with E-state index in [0.29, 0.717) is 0 Å². The van der Waals surface area contributed by atoms with Crippen LogP contribution < -0.4 is 9.83 Å². The summed E-state index contributed by atoms with van der Waals surface area (Å²) < 4.78 is 17.9. The van der Waals surface area contributed by atoms with Gasteiger partial charge in [0.15, 0.2) is 7.28 Å². The number of benzene rings is 4. The predicted molar refractivity (Wildman–Crippen MR) is 170 cm³/mol. The predicted octanol–water partition coefficient (Wildman–Crippen LogP) is 11.1. The first kappa shape index (κ1) is 26.7. The molecule has 0 fully saturated rings. The van der Waals surface area contributed by atoms with Crippen molar-refractivity contribution in [3.05, 3.63) is 98.3 Å². The number of para-hydroxylation sites is 1. The summed E-state index contributed by atoms with van der Waals surface area (Å²) in [5.41, 5.74) is 3.36. The van der Waals surface area contributed by atoms with E-state index in [1.54, 1.807) is 0 Å². The van der Waals surface area contributed by atoms with Gasteiger partial charge in [-0.2, -0.15) is 0 Å². The largest absolute Gasteiger partial charge is 0.454 e. The highest BCUT2D eigenvalue weighted by atomic mass is 79.9. The molecular weight excluding hydrogens is 675 g/mol. The van der Waals surface area contributed by atoms with E-state index in [-0.39, 0.29) is 5.16 Å². The second-order valence-corrected chi connectivity index (χ2v) is 15.9. The van der Waals surface area contributed by atoms with Crippen molar-refractivity contribution < 1.29 is 4.52 Å². The minimum Gasteiger partial charge on any atom is -0.454 e. The Labute approximate surface area is 243 Å². The topological polar surface area (TPSA) is 26.5 Å². The van der Waals surface area contributed by atoms with Crippen LogP contribution in [-0.4, -0.2) is 9.72 Å². The monoisotopic (exact) mass is 700 g/mol. The average molecular weight is 703 g/mol. The highest BCUT2D eigenvalue weighted by Crippen LogP contribution is 2.63. The average Bonchev–Trinajstić information content (AvgIpc) is 3.18. The quantitative estimate of drug-likeness (QED) is 0.167. The van der Waals surface area contributed by atoms with Crippen LogP contribution in [0.4, 0.5) is 5.69 Å². The van der Waals surface area contributed by atoms with Crippen LogP contribution in [0.3, 0.4) is 0 Å². The van der Waals surface area contributed by atoms with Crippen molar-refractivity contribution in [2.45, 2.75) is 39.4 Å². The van der Waals surface area contributed by atoms with Crippen LogP contribution in [0.5, 0.6) is 5.75 Å². The van der Waals surface area contributed by atoms with Crippen molar-refractivity contribution in [3.8, 4) is 5.75 Å². The molecule has 1 heterocycles. The molecule has 37 heavy (non-hydrogen) atoms. The molecule has 4 aromatic carbocycles. The van der Waals surface area contributed by atoms with Crippen LogP contribution in [0.25, 0.3) is 21.8 Å². The number of hydrogen-bond donors (Lipinski definition) is 0. The fourth-order valence-electron chi connectivity index (χ4n) is 4.75. The van der Waals surface area contributed by atoms with Crippen LogP contribution in [0.15, 0.2) is 103 Å². The van der Waals surface area contributed by atoms with Crippen LogP contribution in [0.2, 0.25) is 0 Å². The molecule has 0 aliphatic heterocycles. The number of rotatable bonds is 5. The van der Waals surface area contributed by atoms with E-state index in [2.05, 4.69) is 123 Å². The maximum absolute atomic E-state index is 7.14. The van der Waals surface area contributed by atoms with Crippen molar-refractivity contribution in [1.29, 1.82) is 0 Å². The molecule has 0 saturated carbocycles. The number of hydrogen-bond acceptors (Lipinski definition) is 2. The second-order valence-electron chi connectivity index (χ2n) is 9.93. The van der Waals surface area contributed by atoms with E-state index in [4.69, 9.17) is 9.27 Å². The van der Waals surface area contributed by atoms with Gasteiger partial charge in [0.1, 0.15) is 5.75 Å². The van der Waals surface area contributed by atoms with Crippen LogP contribution in [-0.2, 0) is 6.54 Å². The molecule has 0 aliphatic carbocycles. The number of fused-ring (bicyclic) bond motifs is 3. The van der Waals surface area contributed by atoms with Crippen molar-refractivity contribution in [2.24, 2.45) is 4.74 Å². The van der Waals surface area contributed by atoms with Gasteiger partial charge in [-0.1, -0.05) is 67.0 Å². The molecule has 190 valence electrons.